The lowest BCUT2D eigenvalue weighted by Crippen LogP contribution is -2.61. The van der Waals surface area contributed by atoms with Gasteiger partial charge in [0.1, 0.15) is 6.04 Å². The molecule has 0 aliphatic carbocycles. The maximum atomic E-state index is 13.0. The van der Waals surface area contributed by atoms with Crippen LogP contribution in [0.5, 0.6) is 0 Å². The van der Waals surface area contributed by atoms with Crippen LogP contribution in [0.2, 0.25) is 0 Å². The van der Waals surface area contributed by atoms with E-state index in [1.807, 2.05) is 13.8 Å². The summed E-state index contributed by atoms with van der Waals surface area (Å²) in [5.74, 6) is 0.280. The Balaban J connectivity index is 2.70. The summed E-state index contributed by atoms with van der Waals surface area (Å²) in [6.07, 6.45) is -5.09. The van der Waals surface area contributed by atoms with E-state index in [1.165, 1.54) is 0 Å². The summed E-state index contributed by atoms with van der Waals surface area (Å²) in [5, 5.41) is -0.961. The second kappa shape index (κ2) is 7.20. The highest BCUT2D eigenvalue weighted by atomic mass is 35.5. The molecule has 1 fully saturated rings. The zero-order valence-corrected chi connectivity index (χ0v) is 12.6. The minimum atomic E-state index is -4.65. The normalized spacial score (nSPS) is 19.9. The molecule has 0 N–H and O–H groups in total. The molecule has 1 unspecified atom stereocenters. The van der Waals surface area contributed by atoms with E-state index in [-0.39, 0.29) is 25.6 Å². The first kappa shape index (κ1) is 17.9. The average molecular weight is 331 g/mol. The molecule has 1 atom stereocenters. The van der Waals surface area contributed by atoms with Gasteiger partial charge in [0.25, 0.3) is 0 Å². The third-order valence-corrected chi connectivity index (χ3v) is 3.40. The smallest absolute Gasteiger partial charge is 0.410 e. The lowest BCUT2D eigenvalue weighted by atomic mass is 10.1. The van der Waals surface area contributed by atoms with E-state index < -0.39 is 30.2 Å². The van der Waals surface area contributed by atoms with Crippen molar-refractivity contribution >= 4 is 23.1 Å². The second-order valence-corrected chi connectivity index (χ2v) is 5.57. The fourth-order valence-corrected chi connectivity index (χ4v) is 2.06. The lowest BCUT2D eigenvalue weighted by Gasteiger charge is -2.40. The molecule has 1 saturated heterocycles. The minimum Gasteiger partial charge on any atom is -0.449 e. The number of nitrogens with zero attached hydrogens (tertiary/aromatic N) is 2. The van der Waals surface area contributed by atoms with E-state index in [4.69, 9.17) is 16.3 Å². The van der Waals surface area contributed by atoms with Gasteiger partial charge in [-0.05, 0) is 23.9 Å². The molecule has 0 aromatic rings. The number of rotatable bonds is 3. The first-order valence-corrected chi connectivity index (χ1v) is 6.95. The third-order valence-electron chi connectivity index (χ3n) is 3.16. The predicted molar refractivity (Wildman–Crippen MR) is 70.2 cm³/mol. The summed E-state index contributed by atoms with van der Waals surface area (Å²) in [6, 6.07) is -2.10. The van der Waals surface area contributed by atoms with Gasteiger partial charge in [-0.1, -0.05) is 13.8 Å². The Bertz CT molecular complexity index is 390. The second-order valence-electron chi connectivity index (χ2n) is 5.25. The highest BCUT2D eigenvalue weighted by Crippen LogP contribution is 2.29. The molecule has 0 aromatic heterocycles. The molecule has 1 aliphatic rings. The van der Waals surface area contributed by atoms with E-state index in [0.717, 1.165) is 4.90 Å². The van der Waals surface area contributed by atoms with E-state index in [0.29, 0.717) is 11.3 Å². The number of halogens is 4. The molecule has 0 saturated carbocycles. The Morgan fingerprint density at radius 2 is 1.95 bits per heavy atom. The summed E-state index contributed by atoms with van der Waals surface area (Å²) in [7, 11) is 0. The van der Waals surface area contributed by atoms with Crippen molar-refractivity contribution in [3.05, 3.63) is 0 Å². The van der Waals surface area contributed by atoms with Crippen LogP contribution >= 0.6 is 11.6 Å². The number of carbonyl (C=O) groups excluding carboxylic acids is 2. The quantitative estimate of drug-likeness (QED) is 0.590. The Morgan fingerprint density at radius 3 is 2.43 bits per heavy atom. The van der Waals surface area contributed by atoms with Crippen molar-refractivity contribution in [3.8, 4) is 0 Å². The number of hydrogen-bond acceptors (Lipinski definition) is 3. The van der Waals surface area contributed by atoms with Crippen molar-refractivity contribution in [2.75, 3.05) is 26.2 Å². The third kappa shape index (κ3) is 5.26. The van der Waals surface area contributed by atoms with Crippen molar-refractivity contribution in [3.63, 3.8) is 0 Å². The van der Waals surface area contributed by atoms with Crippen molar-refractivity contribution in [2.45, 2.75) is 32.5 Å². The van der Waals surface area contributed by atoms with Crippen LogP contribution in [0.1, 0.15) is 20.3 Å². The van der Waals surface area contributed by atoms with Crippen molar-refractivity contribution in [1.82, 2.24) is 9.80 Å². The topological polar surface area (TPSA) is 49.9 Å². The van der Waals surface area contributed by atoms with Gasteiger partial charge in [-0.25, -0.2) is 4.79 Å². The molecule has 1 aliphatic heterocycles. The predicted octanol–water partition coefficient (Wildman–Crippen LogP) is 3.08. The van der Waals surface area contributed by atoms with Gasteiger partial charge in [0.05, 0.1) is 13.2 Å². The highest BCUT2D eigenvalue weighted by Gasteiger charge is 2.49. The van der Waals surface area contributed by atoms with Crippen molar-refractivity contribution < 1.29 is 27.5 Å². The maximum Gasteiger partial charge on any atom is 0.410 e. The Kier molecular flexibility index (Phi) is 6.12. The van der Waals surface area contributed by atoms with Crippen molar-refractivity contribution in [2.24, 2.45) is 5.92 Å². The summed E-state index contributed by atoms with van der Waals surface area (Å²) in [4.78, 5) is 24.2. The first-order chi connectivity index (χ1) is 9.62. The van der Waals surface area contributed by atoms with E-state index in [2.05, 4.69) is 0 Å². The number of piperazine rings is 1. The number of carbonyl (C=O) groups is 2. The van der Waals surface area contributed by atoms with Crippen LogP contribution in [0, 0.1) is 5.92 Å². The van der Waals surface area contributed by atoms with Gasteiger partial charge in [-0.2, -0.15) is 13.2 Å². The van der Waals surface area contributed by atoms with E-state index >= 15 is 0 Å². The molecule has 1 heterocycles. The van der Waals surface area contributed by atoms with Gasteiger partial charge in [0.15, 0.2) is 0 Å². The number of ether oxygens (including phenoxy) is 1. The van der Waals surface area contributed by atoms with Crippen LogP contribution < -0.4 is 0 Å². The van der Waals surface area contributed by atoms with Gasteiger partial charge in [0, 0.05) is 13.1 Å². The van der Waals surface area contributed by atoms with Crippen LogP contribution in [-0.2, 0) is 4.74 Å². The monoisotopic (exact) mass is 330 g/mol. The van der Waals surface area contributed by atoms with E-state index in [1.54, 1.807) is 0 Å². The first-order valence-electron chi connectivity index (χ1n) is 6.57. The van der Waals surface area contributed by atoms with Gasteiger partial charge in [0.2, 0.25) is 0 Å². The standard InChI is InChI=1S/C12H18ClF3N2O3/c1-8(2)3-6-21-11(20)18-5-4-17(10(13)19)7-9(18)12(14,15)16/h8-9H,3-7H2,1-2H3. The molecule has 0 radical (unpaired) electrons. The van der Waals surface area contributed by atoms with Crippen LogP contribution in [0.25, 0.3) is 0 Å². The van der Waals surface area contributed by atoms with Crippen LogP contribution in [0.15, 0.2) is 0 Å². The molecule has 9 heteroatoms. The molecular formula is C12H18ClF3N2O3. The van der Waals surface area contributed by atoms with Crippen LogP contribution in [0.3, 0.4) is 0 Å². The summed E-state index contributed by atoms with van der Waals surface area (Å²) in [6.45, 7) is 2.91. The summed E-state index contributed by atoms with van der Waals surface area (Å²) < 4.78 is 43.9. The maximum absolute atomic E-state index is 13.0. The molecular weight excluding hydrogens is 313 g/mol. The molecule has 0 aromatic carbocycles. The lowest BCUT2D eigenvalue weighted by molar-refractivity contribution is -0.188. The average Bonchev–Trinajstić information content (AvgIpc) is 2.36. The minimum absolute atomic E-state index is 0.0474. The largest absolute Gasteiger partial charge is 0.449 e. The van der Waals surface area contributed by atoms with Crippen LogP contribution in [-0.4, -0.2) is 59.7 Å². The molecule has 1 rings (SSSR count). The van der Waals surface area contributed by atoms with Gasteiger partial charge in [-0.3, -0.25) is 9.69 Å². The fraction of sp³-hybridized carbons (Fsp3) is 0.833. The Labute approximate surface area is 126 Å². The van der Waals surface area contributed by atoms with Gasteiger partial charge < -0.3 is 9.64 Å². The zero-order valence-electron chi connectivity index (χ0n) is 11.8. The molecule has 0 spiro atoms. The number of hydrogen-bond donors (Lipinski definition) is 0. The molecule has 122 valence electrons. The molecule has 21 heavy (non-hydrogen) atoms. The van der Waals surface area contributed by atoms with E-state index in [9.17, 15) is 22.8 Å². The SMILES string of the molecule is CC(C)CCOC(=O)N1CCN(C(=O)Cl)CC1C(F)(F)F. The molecule has 2 amide bonds. The Hall–Kier alpha value is -1.18. The van der Waals surface area contributed by atoms with Crippen molar-refractivity contribution in [1.29, 1.82) is 0 Å². The van der Waals surface area contributed by atoms with Gasteiger partial charge >= 0.3 is 17.6 Å². The summed E-state index contributed by atoms with van der Waals surface area (Å²) >= 11 is 5.20. The highest BCUT2D eigenvalue weighted by molar-refractivity contribution is 6.62. The zero-order chi connectivity index (χ0) is 16.2. The fourth-order valence-electron chi connectivity index (χ4n) is 1.91. The summed E-state index contributed by atoms with van der Waals surface area (Å²) in [5.41, 5.74) is 0. The molecule has 0 bridgehead atoms. The Morgan fingerprint density at radius 1 is 1.33 bits per heavy atom. The van der Waals surface area contributed by atoms with Crippen LogP contribution in [0.4, 0.5) is 22.8 Å². The van der Waals surface area contributed by atoms with Gasteiger partial charge in [-0.15, -0.1) is 0 Å². The number of alkyl halides is 3. The molecule has 5 nitrogen and oxygen atoms in total. The number of amides is 2.